The van der Waals surface area contributed by atoms with E-state index in [1.54, 1.807) is 6.92 Å². The van der Waals surface area contributed by atoms with E-state index in [1.807, 2.05) is 0 Å². The average Bonchev–Trinajstić information content (AvgIpc) is 2.66. The second-order valence-corrected chi connectivity index (χ2v) is 9.02. The third-order valence-electron chi connectivity index (χ3n) is 6.78. The summed E-state index contributed by atoms with van der Waals surface area (Å²) in [7, 11) is 0. The van der Waals surface area contributed by atoms with E-state index in [4.69, 9.17) is 5.73 Å². The fourth-order valence-corrected chi connectivity index (χ4v) is 6.07. The quantitative estimate of drug-likeness (QED) is 0.394. The number of carbonyl (C=O) groups excluding carboxylic acids is 5. The largest absolute Gasteiger partial charge is 0.507 e. The highest BCUT2D eigenvalue weighted by molar-refractivity contribution is 9.10. The van der Waals surface area contributed by atoms with Gasteiger partial charge in [-0.15, -0.1) is 0 Å². The SMILES string of the molecule is C[C@H]1c2c(Br)ccc(O)c2C(=O)C2C(=O)[C@]3(O)C(=O)C(C(N)=O)C(=O)C[C@@H]3[C@@H](O)[C@@H]21. The summed E-state index contributed by atoms with van der Waals surface area (Å²) < 4.78 is 0.486. The van der Waals surface area contributed by atoms with Crippen molar-refractivity contribution < 1.29 is 39.3 Å². The Morgan fingerprint density at radius 3 is 2.43 bits per heavy atom. The molecule has 7 atom stereocenters. The molecule has 30 heavy (non-hydrogen) atoms. The second kappa shape index (κ2) is 6.53. The summed E-state index contributed by atoms with van der Waals surface area (Å²) in [6.07, 6.45) is -2.18. The third kappa shape index (κ3) is 2.38. The van der Waals surface area contributed by atoms with Gasteiger partial charge in [-0.1, -0.05) is 22.9 Å². The molecule has 158 valence electrons. The highest BCUT2D eigenvalue weighted by atomic mass is 79.9. The maximum absolute atomic E-state index is 13.3. The van der Waals surface area contributed by atoms with Gasteiger partial charge in [0.05, 0.1) is 17.6 Å². The first kappa shape index (κ1) is 20.8. The molecule has 1 aromatic carbocycles. The molecule has 9 nitrogen and oxygen atoms in total. The molecule has 0 aliphatic heterocycles. The zero-order valence-electron chi connectivity index (χ0n) is 15.7. The Kier molecular flexibility index (Phi) is 4.53. The minimum absolute atomic E-state index is 0.133. The van der Waals surface area contributed by atoms with Crippen LogP contribution < -0.4 is 5.73 Å². The zero-order chi connectivity index (χ0) is 22.3. The van der Waals surface area contributed by atoms with Crippen LogP contribution in [0.4, 0.5) is 0 Å². The fourth-order valence-electron chi connectivity index (χ4n) is 5.38. The molecule has 3 aliphatic rings. The van der Waals surface area contributed by atoms with Crippen LogP contribution >= 0.6 is 15.9 Å². The summed E-state index contributed by atoms with van der Waals surface area (Å²) in [5, 5.41) is 32.4. The number of hydrogen-bond acceptors (Lipinski definition) is 8. The van der Waals surface area contributed by atoms with Gasteiger partial charge in [-0.25, -0.2) is 0 Å². The van der Waals surface area contributed by atoms with E-state index in [0.29, 0.717) is 10.0 Å². The summed E-state index contributed by atoms with van der Waals surface area (Å²) in [6.45, 7) is 1.65. The number of hydrogen-bond donors (Lipinski definition) is 4. The number of primary amides is 1. The first-order valence-electron chi connectivity index (χ1n) is 9.31. The van der Waals surface area contributed by atoms with E-state index in [2.05, 4.69) is 15.9 Å². The smallest absolute Gasteiger partial charge is 0.235 e. The van der Waals surface area contributed by atoms with Gasteiger partial charge in [-0.3, -0.25) is 24.0 Å². The lowest BCUT2D eigenvalue weighted by molar-refractivity contribution is -0.189. The monoisotopic (exact) mass is 479 g/mol. The van der Waals surface area contributed by atoms with Gasteiger partial charge in [0.1, 0.15) is 5.75 Å². The lowest BCUT2D eigenvalue weighted by Gasteiger charge is -2.52. The van der Waals surface area contributed by atoms with E-state index in [-0.39, 0.29) is 11.3 Å². The highest BCUT2D eigenvalue weighted by Gasteiger charge is 2.69. The summed E-state index contributed by atoms with van der Waals surface area (Å²) >= 11 is 3.32. The molecular weight excluding hydrogens is 462 g/mol. The van der Waals surface area contributed by atoms with Crippen LogP contribution in [-0.2, 0) is 19.2 Å². The molecule has 0 bridgehead atoms. The van der Waals surface area contributed by atoms with Crippen LogP contribution in [0.3, 0.4) is 0 Å². The predicted molar refractivity (Wildman–Crippen MR) is 102 cm³/mol. The number of phenols is 1. The Morgan fingerprint density at radius 1 is 1.20 bits per heavy atom. The van der Waals surface area contributed by atoms with Gasteiger partial charge < -0.3 is 21.1 Å². The van der Waals surface area contributed by atoms with Crippen molar-refractivity contribution in [2.75, 3.05) is 0 Å². The van der Waals surface area contributed by atoms with Crippen molar-refractivity contribution in [1.29, 1.82) is 0 Å². The van der Waals surface area contributed by atoms with Crippen molar-refractivity contribution in [3.8, 4) is 5.75 Å². The Balaban J connectivity index is 1.92. The minimum atomic E-state index is -2.90. The molecule has 0 heterocycles. The van der Waals surface area contributed by atoms with Crippen molar-refractivity contribution >= 4 is 45.0 Å². The van der Waals surface area contributed by atoms with E-state index < -0.39 is 76.8 Å². The normalized spacial score (nSPS) is 38.0. The highest BCUT2D eigenvalue weighted by Crippen LogP contribution is 2.54. The van der Waals surface area contributed by atoms with Crippen LogP contribution in [0.15, 0.2) is 16.6 Å². The van der Waals surface area contributed by atoms with E-state index in [0.717, 1.165) is 0 Å². The van der Waals surface area contributed by atoms with Gasteiger partial charge in [0.25, 0.3) is 0 Å². The zero-order valence-corrected chi connectivity index (χ0v) is 17.3. The van der Waals surface area contributed by atoms with Crippen LogP contribution in [-0.4, -0.2) is 56.1 Å². The molecule has 2 fully saturated rings. The Bertz CT molecular complexity index is 1050. The minimum Gasteiger partial charge on any atom is -0.507 e. The second-order valence-electron chi connectivity index (χ2n) is 8.16. The Labute approximate surface area is 178 Å². The van der Waals surface area contributed by atoms with Gasteiger partial charge in [-0.05, 0) is 23.6 Å². The summed E-state index contributed by atoms with van der Waals surface area (Å²) in [5.41, 5.74) is 2.48. The topological polar surface area (TPSA) is 172 Å². The van der Waals surface area contributed by atoms with Crippen LogP contribution in [0.2, 0.25) is 0 Å². The summed E-state index contributed by atoms with van der Waals surface area (Å²) in [5.74, 6) is -12.8. The van der Waals surface area contributed by atoms with Gasteiger partial charge in [0, 0.05) is 22.7 Å². The number of fused-ring (bicyclic) bond motifs is 3. The number of phenolic OH excluding ortho intramolecular Hbond substituents is 1. The number of benzene rings is 1. The summed E-state index contributed by atoms with van der Waals surface area (Å²) in [4.78, 5) is 63.4. The number of rotatable bonds is 1. The number of aliphatic hydroxyl groups excluding tert-OH is 1. The molecule has 2 saturated carbocycles. The predicted octanol–water partition coefficient (Wildman–Crippen LogP) is -0.379. The van der Waals surface area contributed by atoms with Gasteiger partial charge in [-0.2, -0.15) is 0 Å². The average molecular weight is 480 g/mol. The van der Waals surface area contributed by atoms with Crippen molar-refractivity contribution in [2.24, 2.45) is 29.4 Å². The van der Waals surface area contributed by atoms with Gasteiger partial charge in [0.15, 0.2) is 34.7 Å². The lowest BCUT2D eigenvalue weighted by Crippen LogP contribution is -2.72. The van der Waals surface area contributed by atoms with E-state index >= 15 is 0 Å². The molecular formula is C20H18BrNO8. The van der Waals surface area contributed by atoms with Crippen LogP contribution in [0.5, 0.6) is 5.75 Å². The van der Waals surface area contributed by atoms with Gasteiger partial charge in [0.2, 0.25) is 5.91 Å². The van der Waals surface area contributed by atoms with E-state index in [9.17, 15) is 39.3 Å². The van der Waals surface area contributed by atoms with Crippen molar-refractivity contribution in [3.05, 3.63) is 27.7 Å². The molecule has 1 aromatic rings. The number of amides is 1. The number of Topliss-reactive ketones (excluding diaryl/α,β-unsaturated/α-hetero) is 4. The molecule has 0 radical (unpaired) electrons. The molecule has 1 amide bonds. The molecule has 4 rings (SSSR count). The van der Waals surface area contributed by atoms with Crippen LogP contribution in [0, 0.1) is 23.7 Å². The number of halogens is 1. The number of carbonyl (C=O) groups is 5. The lowest BCUT2D eigenvalue weighted by atomic mass is 9.50. The number of aromatic hydroxyl groups is 1. The molecule has 2 unspecified atom stereocenters. The molecule has 5 N–H and O–H groups in total. The first-order chi connectivity index (χ1) is 13.9. The maximum Gasteiger partial charge on any atom is 0.235 e. The standard InChI is InChI=1S/C20H18BrNO8/c1-5-10-7(21)2-3-8(23)12(10)16(26)14-11(5)15(25)6-4-9(24)13(19(22)29)17(27)20(6,30)18(14)28/h2-3,5-6,11,13-15,23,25,30H,4H2,1H3,(H2,22,29)/t5-,6+,11+,13?,14?,15+,20+/m0/s1. The summed E-state index contributed by atoms with van der Waals surface area (Å²) in [6, 6.07) is 2.79. The third-order valence-corrected chi connectivity index (χ3v) is 7.48. The van der Waals surface area contributed by atoms with Crippen LogP contribution in [0.1, 0.15) is 35.2 Å². The molecule has 0 aromatic heterocycles. The maximum atomic E-state index is 13.3. The molecule has 3 aliphatic carbocycles. The van der Waals surface area contributed by atoms with Crippen molar-refractivity contribution in [1.82, 2.24) is 0 Å². The van der Waals surface area contributed by atoms with Crippen molar-refractivity contribution in [2.45, 2.75) is 31.0 Å². The first-order valence-corrected chi connectivity index (χ1v) is 10.1. The Morgan fingerprint density at radius 2 is 1.83 bits per heavy atom. The molecule has 0 saturated heterocycles. The fraction of sp³-hybridized carbons (Fsp3) is 0.450. The van der Waals surface area contributed by atoms with Gasteiger partial charge >= 0.3 is 0 Å². The molecule has 0 spiro atoms. The Hall–Kier alpha value is -2.43. The molecule has 10 heteroatoms. The number of ketones is 4. The number of nitrogens with two attached hydrogens (primary N) is 1. The van der Waals surface area contributed by atoms with Crippen LogP contribution in [0.25, 0.3) is 0 Å². The number of aliphatic hydroxyl groups is 2. The van der Waals surface area contributed by atoms with Crippen molar-refractivity contribution in [3.63, 3.8) is 0 Å². The van der Waals surface area contributed by atoms with E-state index in [1.165, 1.54) is 12.1 Å².